The van der Waals surface area contributed by atoms with E-state index in [1.807, 2.05) is 0 Å². The van der Waals surface area contributed by atoms with E-state index in [1.54, 1.807) is 5.32 Å². The molecule has 3 aromatic rings. The van der Waals surface area contributed by atoms with Crippen LogP contribution in [-0.4, -0.2) is 27.9 Å². The molecule has 1 heterocycles. The van der Waals surface area contributed by atoms with E-state index in [0.717, 1.165) is 10.6 Å². The molecule has 3 rings (SSSR count). The van der Waals surface area contributed by atoms with Crippen molar-refractivity contribution in [1.29, 1.82) is 0 Å². The van der Waals surface area contributed by atoms with Gasteiger partial charge in [-0.25, -0.2) is 18.4 Å². The largest absolute Gasteiger partial charge is 0.478 e. The van der Waals surface area contributed by atoms with Gasteiger partial charge in [0.25, 0.3) is 0 Å². The van der Waals surface area contributed by atoms with Gasteiger partial charge in [-0.3, -0.25) is 4.57 Å². The Morgan fingerprint density at radius 2 is 1.71 bits per heavy atom. The zero-order valence-corrected chi connectivity index (χ0v) is 13.8. The van der Waals surface area contributed by atoms with E-state index in [4.69, 9.17) is 5.11 Å². The lowest BCUT2D eigenvalue weighted by molar-refractivity contribution is -0.154. The summed E-state index contributed by atoms with van der Waals surface area (Å²) in [6, 6.07) is 2.97. The number of hydrogen-bond acceptors (Lipinski definition) is 2. The monoisotopic (exact) mass is 398 g/mol. The van der Waals surface area contributed by atoms with Crippen LogP contribution in [0.4, 0.5) is 26.7 Å². The fourth-order valence-corrected chi connectivity index (χ4v) is 2.69. The van der Waals surface area contributed by atoms with Crippen molar-refractivity contribution in [3.63, 3.8) is 0 Å². The molecule has 10 heteroatoms. The highest BCUT2D eigenvalue weighted by Gasteiger charge is 2.42. The number of carbonyl (C=O) groups is 2. The lowest BCUT2D eigenvalue weighted by Crippen LogP contribution is -2.40. The Bertz CT molecular complexity index is 1070. The summed E-state index contributed by atoms with van der Waals surface area (Å²) in [6.07, 6.45) is -3.80. The van der Waals surface area contributed by atoms with Gasteiger partial charge in [-0.15, -0.1) is 0 Å². The van der Waals surface area contributed by atoms with Gasteiger partial charge in [0.1, 0.15) is 0 Å². The fraction of sp³-hybridized carbons (Fsp3) is 0.111. The number of nitrogens with one attached hydrogen (secondary N) is 1. The van der Waals surface area contributed by atoms with E-state index in [1.165, 1.54) is 30.5 Å². The molecule has 0 fully saturated rings. The van der Waals surface area contributed by atoms with Crippen LogP contribution in [0.5, 0.6) is 0 Å². The number of nitrogens with zero attached hydrogens (tertiary/aromatic N) is 1. The fourth-order valence-electron chi connectivity index (χ4n) is 2.69. The summed E-state index contributed by atoms with van der Waals surface area (Å²) >= 11 is 0. The first kappa shape index (κ1) is 19.3. The maximum Gasteiger partial charge on any atom is 0.412 e. The molecular weight excluding hydrogens is 387 g/mol. The molecule has 1 aromatic heterocycles. The maximum atomic E-state index is 13.4. The normalized spacial score (nSPS) is 12.8. The number of rotatable bonds is 3. The van der Waals surface area contributed by atoms with Gasteiger partial charge in [-0.2, -0.15) is 13.2 Å². The lowest BCUT2D eigenvalue weighted by Gasteiger charge is -2.22. The number of carbonyl (C=O) groups excluding carboxylic acids is 1. The number of carboxylic acids is 1. The highest BCUT2D eigenvalue weighted by Crippen LogP contribution is 2.33. The van der Waals surface area contributed by atoms with Crippen LogP contribution in [0.25, 0.3) is 10.9 Å². The molecule has 0 aliphatic rings. The first-order valence-electron chi connectivity index (χ1n) is 7.75. The zero-order chi connectivity index (χ0) is 20.6. The molecule has 0 saturated heterocycles. The summed E-state index contributed by atoms with van der Waals surface area (Å²) in [7, 11) is 0. The van der Waals surface area contributed by atoms with Crippen LogP contribution in [0.3, 0.4) is 0 Å². The number of carboxylic acid groups (broad SMARTS) is 1. The molecule has 5 nitrogen and oxygen atoms in total. The maximum absolute atomic E-state index is 13.4. The van der Waals surface area contributed by atoms with Crippen molar-refractivity contribution in [3.8, 4) is 0 Å². The summed E-state index contributed by atoms with van der Waals surface area (Å²) < 4.78 is 67.4. The first-order valence-corrected chi connectivity index (χ1v) is 7.75. The predicted octanol–water partition coefficient (Wildman–Crippen LogP) is 4.48. The lowest BCUT2D eigenvalue weighted by atomic mass is 10.1. The second kappa shape index (κ2) is 6.95. The third kappa shape index (κ3) is 3.66. The van der Waals surface area contributed by atoms with E-state index in [-0.39, 0.29) is 11.1 Å². The number of halogens is 5. The van der Waals surface area contributed by atoms with Gasteiger partial charge < -0.3 is 10.4 Å². The molecule has 1 amide bonds. The molecule has 2 N–H and O–H groups in total. The van der Waals surface area contributed by atoms with Gasteiger partial charge in [-0.1, -0.05) is 6.07 Å². The Morgan fingerprint density at radius 3 is 2.32 bits per heavy atom. The molecule has 0 bridgehead atoms. The topological polar surface area (TPSA) is 71.3 Å². The van der Waals surface area contributed by atoms with Crippen LogP contribution in [-0.2, 0) is 0 Å². The quantitative estimate of drug-likeness (QED) is 0.639. The van der Waals surface area contributed by atoms with Crippen molar-refractivity contribution in [2.45, 2.75) is 12.2 Å². The Hall–Kier alpha value is -3.43. The van der Waals surface area contributed by atoms with Gasteiger partial charge in [0.05, 0.1) is 11.1 Å². The van der Waals surface area contributed by atoms with Gasteiger partial charge in [0, 0.05) is 11.6 Å². The standard InChI is InChI=1S/C18H11F5N2O3/c19-12-3-1-10(8-13(12)20)15(18(21,22)23)24-17(28)25-6-5-9-7-11(16(26)27)2-4-14(9)25/h1-8,15H,(H,24,28)(H,26,27). The van der Waals surface area contributed by atoms with Gasteiger partial charge in [-0.05, 0) is 42.0 Å². The first-order chi connectivity index (χ1) is 13.1. The number of fused-ring (bicyclic) bond motifs is 1. The third-order valence-corrected chi connectivity index (χ3v) is 4.03. The van der Waals surface area contributed by atoms with Crippen molar-refractivity contribution >= 4 is 22.9 Å². The summed E-state index contributed by atoms with van der Waals surface area (Å²) in [4.78, 5) is 23.4. The van der Waals surface area contributed by atoms with Crippen molar-refractivity contribution in [3.05, 3.63) is 71.4 Å². The molecule has 146 valence electrons. The van der Waals surface area contributed by atoms with E-state index >= 15 is 0 Å². The van der Waals surface area contributed by atoms with Crippen molar-refractivity contribution < 1.29 is 36.6 Å². The number of aromatic nitrogens is 1. The Kier molecular flexibility index (Phi) is 4.80. The van der Waals surface area contributed by atoms with Crippen molar-refractivity contribution in [1.82, 2.24) is 9.88 Å². The van der Waals surface area contributed by atoms with Gasteiger partial charge in [0.2, 0.25) is 0 Å². The van der Waals surface area contributed by atoms with Crippen LogP contribution in [0.15, 0.2) is 48.7 Å². The van der Waals surface area contributed by atoms with Crippen LogP contribution >= 0.6 is 0 Å². The molecule has 2 aromatic carbocycles. The minimum atomic E-state index is -4.97. The van der Waals surface area contributed by atoms with Crippen molar-refractivity contribution in [2.75, 3.05) is 0 Å². The molecule has 1 unspecified atom stereocenters. The third-order valence-electron chi connectivity index (χ3n) is 4.03. The van der Waals surface area contributed by atoms with E-state index in [0.29, 0.717) is 17.5 Å². The highest BCUT2D eigenvalue weighted by molar-refractivity contribution is 5.97. The summed E-state index contributed by atoms with van der Waals surface area (Å²) in [5.74, 6) is -4.00. The van der Waals surface area contributed by atoms with E-state index < -0.39 is 41.4 Å². The van der Waals surface area contributed by atoms with Crippen LogP contribution in [0, 0.1) is 11.6 Å². The molecule has 0 saturated carbocycles. The molecule has 0 aliphatic heterocycles. The average Bonchev–Trinajstić information content (AvgIpc) is 3.04. The van der Waals surface area contributed by atoms with E-state index in [2.05, 4.69) is 0 Å². The minimum absolute atomic E-state index is 0.0550. The number of amides is 1. The number of aromatic carboxylic acids is 1. The van der Waals surface area contributed by atoms with E-state index in [9.17, 15) is 31.5 Å². The predicted molar refractivity (Wildman–Crippen MR) is 88.0 cm³/mol. The summed E-state index contributed by atoms with van der Waals surface area (Å²) in [5.41, 5.74) is -0.557. The second-order valence-electron chi connectivity index (χ2n) is 5.86. The molecule has 1 atom stereocenters. The zero-order valence-electron chi connectivity index (χ0n) is 13.8. The van der Waals surface area contributed by atoms with Gasteiger partial charge >= 0.3 is 18.2 Å². The number of benzene rings is 2. The second-order valence-corrected chi connectivity index (χ2v) is 5.86. The molecule has 0 radical (unpaired) electrons. The molecular formula is C18H11F5N2O3. The molecule has 0 aliphatic carbocycles. The van der Waals surface area contributed by atoms with Crippen LogP contribution < -0.4 is 5.32 Å². The Labute approximate surface area is 154 Å². The van der Waals surface area contributed by atoms with Crippen LogP contribution in [0.2, 0.25) is 0 Å². The average molecular weight is 398 g/mol. The SMILES string of the molecule is O=C(O)c1ccc2c(ccn2C(=O)NC(c2ccc(F)c(F)c2)C(F)(F)F)c1. The number of alkyl halides is 3. The summed E-state index contributed by atoms with van der Waals surface area (Å²) in [6.45, 7) is 0. The summed E-state index contributed by atoms with van der Waals surface area (Å²) in [5, 5.41) is 11.0. The number of hydrogen-bond donors (Lipinski definition) is 2. The Balaban J connectivity index is 1.95. The highest BCUT2D eigenvalue weighted by atomic mass is 19.4. The molecule has 0 spiro atoms. The Morgan fingerprint density at radius 1 is 1.00 bits per heavy atom. The smallest absolute Gasteiger partial charge is 0.412 e. The van der Waals surface area contributed by atoms with Crippen LogP contribution in [0.1, 0.15) is 22.0 Å². The van der Waals surface area contributed by atoms with Gasteiger partial charge in [0.15, 0.2) is 17.7 Å². The molecule has 28 heavy (non-hydrogen) atoms. The van der Waals surface area contributed by atoms with Crippen molar-refractivity contribution in [2.24, 2.45) is 0 Å². The minimum Gasteiger partial charge on any atom is -0.478 e.